The van der Waals surface area contributed by atoms with Gasteiger partial charge in [0.05, 0.1) is 43.2 Å². The zero-order valence-corrected chi connectivity index (χ0v) is 17.7. The molecule has 5 rings (SSSR count). The number of amides is 1. The summed E-state index contributed by atoms with van der Waals surface area (Å²) in [6.07, 6.45) is 2.25. The Labute approximate surface area is 181 Å². The van der Waals surface area contributed by atoms with Gasteiger partial charge in [0.2, 0.25) is 0 Å². The molecule has 0 atom stereocenters. The van der Waals surface area contributed by atoms with Gasteiger partial charge in [-0.3, -0.25) is 4.90 Å². The van der Waals surface area contributed by atoms with Crippen molar-refractivity contribution in [1.29, 1.82) is 0 Å². The highest BCUT2D eigenvalue weighted by Crippen LogP contribution is 2.41. The van der Waals surface area contributed by atoms with E-state index in [0.717, 1.165) is 74.5 Å². The number of likely N-dealkylation sites (tertiary alicyclic amines) is 1. The number of carboxylic acid groups (broad SMARTS) is 1. The van der Waals surface area contributed by atoms with E-state index < -0.39 is 6.09 Å². The Hall–Kier alpha value is -2.49. The number of anilines is 1. The number of hydrogen-bond donors (Lipinski definition) is 1. The quantitative estimate of drug-likeness (QED) is 0.793. The Bertz CT molecular complexity index is 935. The molecule has 0 radical (unpaired) electrons. The van der Waals surface area contributed by atoms with E-state index >= 15 is 0 Å². The van der Waals surface area contributed by atoms with Gasteiger partial charge in [-0.2, -0.15) is 0 Å². The van der Waals surface area contributed by atoms with Crippen molar-refractivity contribution in [3.8, 4) is 0 Å². The predicted octanol–water partition coefficient (Wildman–Crippen LogP) is 1.77. The summed E-state index contributed by atoms with van der Waals surface area (Å²) in [5.41, 5.74) is 2.79. The third-order valence-corrected chi connectivity index (χ3v) is 6.91. The van der Waals surface area contributed by atoms with Gasteiger partial charge in [0.15, 0.2) is 0 Å². The van der Waals surface area contributed by atoms with E-state index in [1.165, 1.54) is 4.90 Å². The molecule has 3 aliphatic rings. The summed E-state index contributed by atoms with van der Waals surface area (Å²) in [6, 6.07) is 6.44. The average Bonchev–Trinajstić information content (AvgIpc) is 2.84. The molecule has 9 nitrogen and oxygen atoms in total. The van der Waals surface area contributed by atoms with E-state index in [0.29, 0.717) is 26.3 Å². The minimum atomic E-state index is -0.849. The van der Waals surface area contributed by atoms with Gasteiger partial charge in [0, 0.05) is 50.3 Å². The topological polar surface area (TPSA) is 91.3 Å². The van der Waals surface area contributed by atoms with Crippen molar-refractivity contribution in [2.45, 2.75) is 18.4 Å². The van der Waals surface area contributed by atoms with Crippen molar-refractivity contribution in [1.82, 2.24) is 19.8 Å². The summed E-state index contributed by atoms with van der Waals surface area (Å²) in [5.74, 6) is 0. The Balaban J connectivity index is 1.54. The molecule has 4 heterocycles. The summed E-state index contributed by atoms with van der Waals surface area (Å²) in [6.45, 7) is 7.28. The average molecular weight is 428 g/mol. The molecule has 0 bridgehead atoms. The second-order valence-corrected chi connectivity index (χ2v) is 8.42. The van der Waals surface area contributed by atoms with E-state index in [1.54, 1.807) is 6.33 Å². The molecular formula is C22H29N5O4. The fraction of sp³-hybridized carbons (Fsp3) is 0.591. The third kappa shape index (κ3) is 3.81. The van der Waals surface area contributed by atoms with Gasteiger partial charge < -0.3 is 24.4 Å². The number of nitrogens with zero attached hydrogens (tertiary/aromatic N) is 5. The normalized spacial score (nSPS) is 22.6. The largest absolute Gasteiger partial charge is 0.465 e. The number of morpholine rings is 2. The molecule has 0 unspecified atom stereocenters. The lowest BCUT2D eigenvalue weighted by Crippen LogP contribution is -2.57. The Morgan fingerprint density at radius 1 is 0.935 bits per heavy atom. The van der Waals surface area contributed by atoms with Crippen LogP contribution in [-0.2, 0) is 15.0 Å². The molecule has 9 heteroatoms. The summed E-state index contributed by atoms with van der Waals surface area (Å²) >= 11 is 0. The number of aromatic nitrogens is 2. The first kappa shape index (κ1) is 20.4. The van der Waals surface area contributed by atoms with Crippen LogP contribution in [0.25, 0.3) is 10.9 Å². The number of hydrogen-bond acceptors (Lipinski definition) is 7. The lowest BCUT2D eigenvalue weighted by molar-refractivity contribution is -0.0498. The van der Waals surface area contributed by atoms with Crippen molar-refractivity contribution in [2.24, 2.45) is 0 Å². The van der Waals surface area contributed by atoms with Crippen LogP contribution in [0.5, 0.6) is 0 Å². The van der Waals surface area contributed by atoms with Crippen molar-refractivity contribution < 1.29 is 19.4 Å². The van der Waals surface area contributed by atoms with Gasteiger partial charge in [0.1, 0.15) is 6.33 Å². The van der Waals surface area contributed by atoms with Crippen LogP contribution in [0.2, 0.25) is 0 Å². The minimum absolute atomic E-state index is 0.308. The van der Waals surface area contributed by atoms with E-state index in [2.05, 4.69) is 33.0 Å². The monoisotopic (exact) mass is 427 g/mol. The maximum Gasteiger partial charge on any atom is 0.407 e. The van der Waals surface area contributed by atoms with Crippen molar-refractivity contribution in [3.63, 3.8) is 0 Å². The molecule has 0 aliphatic carbocycles. The smallest absolute Gasteiger partial charge is 0.407 e. The van der Waals surface area contributed by atoms with Crippen LogP contribution in [0.4, 0.5) is 10.5 Å². The molecule has 3 aliphatic heterocycles. The van der Waals surface area contributed by atoms with Crippen LogP contribution in [0.1, 0.15) is 18.5 Å². The second-order valence-electron chi connectivity index (χ2n) is 8.42. The van der Waals surface area contributed by atoms with Crippen LogP contribution in [0.15, 0.2) is 24.5 Å². The number of carbonyl (C=O) groups is 1. The van der Waals surface area contributed by atoms with Gasteiger partial charge in [-0.15, -0.1) is 0 Å². The summed E-state index contributed by atoms with van der Waals surface area (Å²) < 4.78 is 11.1. The number of ether oxygens (including phenoxy) is 2. The van der Waals surface area contributed by atoms with Gasteiger partial charge in [-0.1, -0.05) is 0 Å². The molecule has 2 aromatic rings. The molecule has 1 N–H and O–H groups in total. The zero-order valence-electron chi connectivity index (χ0n) is 17.7. The van der Waals surface area contributed by atoms with Crippen LogP contribution in [0, 0.1) is 0 Å². The Morgan fingerprint density at radius 3 is 2.29 bits per heavy atom. The molecule has 1 aromatic carbocycles. The van der Waals surface area contributed by atoms with Crippen molar-refractivity contribution in [3.05, 3.63) is 30.2 Å². The van der Waals surface area contributed by atoms with E-state index in [9.17, 15) is 9.90 Å². The highest BCUT2D eigenvalue weighted by molar-refractivity contribution is 5.85. The number of benzene rings is 1. The Kier molecular flexibility index (Phi) is 5.64. The maximum atomic E-state index is 11.5. The number of piperidine rings is 1. The summed E-state index contributed by atoms with van der Waals surface area (Å²) in [5, 5.41) is 10.5. The number of fused-ring (bicyclic) bond motifs is 1. The van der Waals surface area contributed by atoms with Gasteiger partial charge >= 0.3 is 6.09 Å². The second kappa shape index (κ2) is 8.57. The molecule has 1 aromatic heterocycles. The fourth-order valence-corrected chi connectivity index (χ4v) is 5.20. The van der Waals surface area contributed by atoms with Crippen LogP contribution in [-0.4, -0.2) is 96.7 Å². The first-order chi connectivity index (χ1) is 15.2. The molecule has 166 valence electrons. The van der Waals surface area contributed by atoms with E-state index in [1.807, 2.05) is 0 Å². The molecule has 0 saturated carbocycles. The first-order valence-electron chi connectivity index (χ1n) is 11.1. The molecule has 1 amide bonds. The third-order valence-electron chi connectivity index (χ3n) is 6.91. The van der Waals surface area contributed by atoms with Gasteiger partial charge in [-0.25, -0.2) is 14.8 Å². The highest BCUT2D eigenvalue weighted by atomic mass is 16.5. The minimum Gasteiger partial charge on any atom is -0.465 e. The SMILES string of the molecule is O=C(O)N1CCC(c2ncnc3cc(N4CCOCC4)ccc23)(N2CCOCC2)CC1. The maximum absolute atomic E-state index is 11.5. The fourth-order valence-electron chi connectivity index (χ4n) is 5.20. The van der Waals surface area contributed by atoms with Crippen molar-refractivity contribution in [2.75, 3.05) is 70.6 Å². The van der Waals surface area contributed by atoms with Crippen molar-refractivity contribution >= 4 is 22.7 Å². The molecular weight excluding hydrogens is 398 g/mol. The number of rotatable bonds is 3. The van der Waals surface area contributed by atoms with Gasteiger partial charge in [0.25, 0.3) is 0 Å². The molecule has 3 fully saturated rings. The lowest BCUT2D eigenvalue weighted by Gasteiger charge is -2.49. The lowest BCUT2D eigenvalue weighted by atomic mass is 9.80. The van der Waals surface area contributed by atoms with Crippen LogP contribution < -0.4 is 4.90 Å². The van der Waals surface area contributed by atoms with Crippen LogP contribution in [0.3, 0.4) is 0 Å². The summed E-state index contributed by atoms with van der Waals surface area (Å²) in [4.78, 5) is 27.2. The highest BCUT2D eigenvalue weighted by Gasteiger charge is 2.44. The molecule has 31 heavy (non-hydrogen) atoms. The van der Waals surface area contributed by atoms with E-state index in [4.69, 9.17) is 14.5 Å². The standard InChI is InChI=1S/C22H29N5O4/c28-21(29)26-5-3-22(4-6-26,27-9-13-31-14-10-27)20-18-2-1-17(15-19(18)23-16-24-20)25-7-11-30-12-8-25/h1-2,15-16H,3-14H2,(H,28,29). The van der Waals surface area contributed by atoms with E-state index in [-0.39, 0.29) is 5.54 Å². The van der Waals surface area contributed by atoms with Crippen LogP contribution >= 0.6 is 0 Å². The summed E-state index contributed by atoms with van der Waals surface area (Å²) in [7, 11) is 0. The molecule has 0 spiro atoms. The Morgan fingerprint density at radius 2 is 1.61 bits per heavy atom. The molecule has 3 saturated heterocycles. The zero-order chi connectivity index (χ0) is 21.3. The van der Waals surface area contributed by atoms with Gasteiger partial charge in [-0.05, 0) is 31.0 Å². The first-order valence-corrected chi connectivity index (χ1v) is 11.1. The predicted molar refractivity (Wildman–Crippen MR) is 115 cm³/mol.